The van der Waals surface area contributed by atoms with Gasteiger partial charge in [0.2, 0.25) is 17.7 Å². The number of rotatable bonds is 5. The third kappa shape index (κ3) is 3.68. The molecule has 2 heterocycles. The molecule has 2 amide bonds. The zero-order valence-corrected chi connectivity index (χ0v) is 15.3. The number of fused-ring (bicyclic) bond motifs is 1. The number of aryl methyl sites for hydroxylation is 1. The summed E-state index contributed by atoms with van der Waals surface area (Å²) < 4.78 is 11.0. The van der Waals surface area contributed by atoms with Crippen LogP contribution in [0.1, 0.15) is 50.1 Å². The Balaban J connectivity index is 1.69. The van der Waals surface area contributed by atoms with Gasteiger partial charge in [-0.3, -0.25) is 14.5 Å². The van der Waals surface area contributed by atoms with Gasteiger partial charge in [-0.1, -0.05) is 19.9 Å². The quantitative estimate of drug-likeness (QED) is 0.879. The minimum absolute atomic E-state index is 0.0830. The summed E-state index contributed by atoms with van der Waals surface area (Å²) in [6, 6.07) is 5.08. The Hall–Kier alpha value is -2.90. The normalized spacial score (nSPS) is 14.8. The van der Waals surface area contributed by atoms with Crippen LogP contribution in [0, 0.1) is 6.92 Å². The van der Waals surface area contributed by atoms with Crippen molar-refractivity contribution in [2.24, 2.45) is 0 Å². The second-order valence-electron chi connectivity index (χ2n) is 6.66. The molecule has 1 atom stereocenters. The van der Waals surface area contributed by atoms with Crippen LogP contribution in [0.3, 0.4) is 0 Å². The number of carbonyl (C=O) groups excluding carboxylic acids is 2. The number of amides is 2. The second kappa shape index (κ2) is 7.15. The molecular formula is C18H22N4O4. The number of carbonyl (C=O) groups is 2. The maximum atomic E-state index is 12.4. The Morgan fingerprint density at radius 1 is 1.27 bits per heavy atom. The van der Waals surface area contributed by atoms with Crippen LogP contribution in [-0.4, -0.2) is 35.2 Å². The average Bonchev–Trinajstić information content (AvgIpc) is 3.08. The van der Waals surface area contributed by atoms with E-state index in [-0.39, 0.29) is 30.9 Å². The van der Waals surface area contributed by atoms with Gasteiger partial charge in [-0.05, 0) is 31.5 Å². The van der Waals surface area contributed by atoms with E-state index in [0.29, 0.717) is 23.2 Å². The number of benzene rings is 1. The number of hydrogen-bond donors (Lipinski definition) is 1. The van der Waals surface area contributed by atoms with Crippen LogP contribution < -0.4 is 15.0 Å². The lowest BCUT2D eigenvalue weighted by Crippen LogP contribution is -2.45. The fourth-order valence-corrected chi connectivity index (χ4v) is 2.63. The summed E-state index contributed by atoms with van der Waals surface area (Å²) in [5.41, 5.74) is 1.58. The molecule has 0 bridgehead atoms. The molecule has 1 N–H and O–H groups in total. The predicted molar refractivity (Wildman–Crippen MR) is 94.0 cm³/mol. The van der Waals surface area contributed by atoms with Crippen LogP contribution in [0.4, 0.5) is 5.69 Å². The first kappa shape index (κ1) is 17.9. The van der Waals surface area contributed by atoms with Crippen LogP contribution in [0.2, 0.25) is 0 Å². The highest BCUT2D eigenvalue weighted by Gasteiger charge is 2.28. The molecule has 1 aromatic heterocycles. The minimum Gasteiger partial charge on any atom is -0.482 e. The van der Waals surface area contributed by atoms with E-state index < -0.39 is 6.04 Å². The Bertz CT molecular complexity index is 830. The molecule has 0 fully saturated rings. The summed E-state index contributed by atoms with van der Waals surface area (Å²) in [6.07, 6.45) is 0. The van der Waals surface area contributed by atoms with Gasteiger partial charge >= 0.3 is 0 Å². The lowest BCUT2D eigenvalue weighted by atomic mass is 10.1. The Kier molecular flexibility index (Phi) is 4.92. The van der Waals surface area contributed by atoms with Gasteiger partial charge in [-0.15, -0.1) is 10.2 Å². The fourth-order valence-electron chi connectivity index (χ4n) is 2.63. The maximum Gasteiger partial charge on any atom is 0.265 e. The van der Waals surface area contributed by atoms with Crippen LogP contribution >= 0.6 is 0 Å². The molecule has 0 saturated heterocycles. The fraction of sp³-hybridized carbons (Fsp3) is 0.444. The van der Waals surface area contributed by atoms with Crippen molar-refractivity contribution in [1.29, 1.82) is 0 Å². The molecule has 0 spiro atoms. The van der Waals surface area contributed by atoms with Crippen molar-refractivity contribution in [3.8, 4) is 5.75 Å². The molecule has 2 aromatic rings. The maximum absolute atomic E-state index is 12.4. The van der Waals surface area contributed by atoms with Gasteiger partial charge in [-0.25, -0.2) is 0 Å². The number of nitrogens with zero attached hydrogens (tertiary/aromatic N) is 3. The Morgan fingerprint density at radius 2 is 2.00 bits per heavy atom. The lowest BCUT2D eigenvalue weighted by Gasteiger charge is -2.29. The van der Waals surface area contributed by atoms with E-state index in [4.69, 9.17) is 9.15 Å². The highest BCUT2D eigenvalue weighted by molar-refractivity contribution is 6.02. The van der Waals surface area contributed by atoms with E-state index >= 15 is 0 Å². The number of hydrogen-bond acceptors (Lipinski definition) is 6. The van der Waals surface area contributed by atoms with Crippen molar-refractivity contribution in [2.75, 3.05) is 18.1 Å². The Morgan fingerprint density at radius 3 is 2.69 bits per heavy atom. The first-order chi connectivity index (χ1) is 12.3. The van der Waals surface area contributed by atoms with Crippen LogP contribution in [0.25, 0.3) is 0 Å². The predicted octanol–water partition coefficient (Wildman–Crippen LogP) is 2.10. The van der Waals surface area contributed by atoms with E-state index in [1.165, 1.54) is 4.90 Å². The van der Waals surface area contributed by atoms with Gasteiger partial charge in [0.25, 0.3) is 5.91 Å². The van der Waals surface area contributed by atoms with Crippen molar-refractivity contribution in [1.82, 2.24) is 15.5 Å². The zero-order valence-electron chi connectivity index (χ0n) is 15.3. The van der Waals surface area contributed by atoms with Crippen molar-refractivity contribution in [2.45, 2.75) is 39.7 Å². The molecule has 1 aliphatic heterocycles. The minimum atomic E-state index is -0.448. The van der Waals surface area contributed by atoms with E-state index in [0.717, 1.165) is 5.56 Å². The second-order valence-corrected chi connectivity index (χ2v) is 6.66. The van der Waals surface area contributed by atoms with Gasteiger partial charge in [0.15, 0.2) is 6.61 Å². The SMILES string of the molecule is Cc1ccc2c(c1)N(CC(=O)N[C@H](C)c1nnc(C(C)C)o1)C(=O)CO2. The van der Waals surface area contributed by atoms with Crippen LogP contribution in [0.15, 0.2) is 22.6 Å². The molecule has 138 valence electrons. The van der Waals surface area contributed by atoms with Crippen molar-refractivity contribution in [3.63, 3.8) is 0 Å². The van der Waals surface area contributed by atoms with E-state index in [1.54, 1.807) is 13.0 Å². The lowest BCUT2D eigenvalue weighted by molar-refractivity contribution is -0.125. The van der Waals surface area contributed by atoms with Gasteiger partial charge in [0.1, 0.15) is 18.3 Å². The summed E-state index contributed by atoms with van der Waals surface area (Å²) in [5, 5.41) is 10.7. The molecule has 8 heteroatoms. The molecule has 0 saturated carbocycles. The summed E-state index contributed by atoms with van der Waals surface area (Å²) in [7, 11) is 0. The van der Waals surface area contributed by atoms with Gasteiger partial charge in [0, 0.05) is 5.92 Å². The first-order valence-corrected chi connectivity index (χ1v) is 8.51. The van der Waals surface area contributed by atoms with Crippen molar-refractivity contribution in [3.05, 3.63) is 35.5 Å². The third-order valence-corrected chi connectivity index (χ3v) is 4.06. The molecule has 0 aliphatic carbocycles. The van der Waals surface area contributed by atoms with Gasteiger partial charge in [-0.2, -0.15) is 0 Å². The first-order valence-electron chi connectivity index (χ1n) is 8.51. The molecule has 0 unspecified atom stereocenters. The van der Waals surface area contributed by atoms with Gasteiger partial charge < -0.3 is 14.5 Å². The third-order valence-electron chi connectivity index (χ3n) is 4.06. The summed E-state index contributed by atoms with van der Waals surface area (Å²) >= 11 is 0. The smallest absolute Gasteiger partial charge is 0.265 e. The largest absolute Gasteiger partial charge is 0.482 e. The number of anilines is 1. The van der Waals surface area contributed by atoms with Crippen molar-refractivity contribution < 1.29 is 18.7 Å². The molecule has 26 heavy (non-hydrogen) atoms. The summed E-state index contributed by atoms with van der Waals surface area (Å²) in [4.78, 5) is 26.1. The zero-order chi connectivity index (χ0) is 18.8. The Labute approximate surface area is 151 Å². The highest BCUT2D eigenvalue weighted by Crippen LogP contribution is 2.32. The number of aromatic nitrogens is 2. The number of ether oxygens (including phenoxy) is 1. The van der Waals surface area contributed by atoms with E-state index in [9.17, 15) is 9.59 Å². The molecule has 0 radical (unpaired) electrons. The standard InChI is InChI=1S/C18H22N4O4/c1-10(2)17-20-21-18(26-17)12(4)19-15(23)8-22-13-7-11(3)5-6-14(13)25-9-16(22)24/h5-7,10,12H,8-9H2,1-4H3,(H,19,23)/t12-/m1/s1. The van der Waals surface area contributed by atoms with Crippen molar-refractivity contribution >= 4 is 17.5 Å². The monoisotopic (exact) mass is 358 g/mol. The summed E-state index contributed by atoms with van der Waals surface area (Å²) in [6.45, 7) is 7.39. The van der Waals surface area contributed by atoms with Gasteiger partial charge in [0.05, 0.1) is 5.69 Å². The summed E-state index contributed by atoms with van der Waals surface area (Å²) in [5.74, 6) is 0.995. The average molecular weight is 358 g/mol. The molecular weight excluding hydrogens is 336 g/mol. The highest BCUT2D eigenvalue weighted by atomic mass is 16.5. The topological polar surface area (TPSA) is 97.6 Å². The molecule has 1 aliphatic rings. The van der Waals surface area contributed by atoms with E-state index in [2.05, 4.69) is 15.5 Å². The van der Waals surface area contributed by atoms with Crippen LogP contribution in [0.5, 0.6) is 5.75 Å². The number of nitrogens with one attached hydrogen (secondary N) is 1. The van der Waals surface area contributed by atoms with Crippen LogP contribution in [-0.2, 0) is 9.59 Å². The molecule has 3 rings (SSSR count). The molecule has 1 aromatic carbocycles. The van der Waals surface area contributed by atoms with E-state index in [1.807, 2.05) is 32.9 Å². The molecule has 8 nitrogen and oxygen atoms in total.